The van der Waals surface area contributed by atoms with Gasteiger partial charge in [-0.1, -0.05) is 12.1 Å². The van der Waals surface area contributed by atoms with Crippen LogP contribution >= 0.6 is 0 Å². The molecule has 1 aliphatic heterocycles. The van der Waals surface area contributed by atoms with Crippen molar-refractivity contribution in [1.82, 2.24) is 9.80 Å². The molecule has 116 valence electrons. The van der Waals surface area contributed by atoms with Gasteiger partial charge in [0.05, 0.1) is 0 Å². The van der Waals surface area contributed by atoms with E-state index >= 15 is 0 Å². The Hall–Kier alpha value is -1.59. The maximum Gasteiger partial charge on any atom is 0.321 e. The molecule has 1 atom stereocenters. The molecule has 0 bridgehead atoms. The summed E-state index contributed by atoms with van der Waals surface area (Å²) in [6.07, 6.45) is 2.56. The topological polar surface area (TPSA) is 61.6 Å². The molecule has 0 saturated carbocycles. The Labute approximate surface area is 127 Å². The molecule has 0 radical (unpaired) electrons. The van der Waals surface area contributed by atoms with E-state index in [0.717, 1.165) is 37.4 Å². The number of carbonyl (C=O) groups excluding carboxylic acids is 1. The van der Waals surface area contributed by atoms with E-state index < -0.39 is 0 Å². The molecule has 0 aromatic heterocycles. The van der Waals surface area contributed by atoms with Gasteiger partial charge in [-0.05, 0) is 50.6 Å². The van der Waals surface area contributed by atoms with Crippen LogP contribution in [0.2, 0.25) is 0 Å². The normalized spacial score (nSPS) is 16.7. The summed E-state index contributed by atoms with van der Waals surface area (Å²) >= 11 is 0. The highest BCUT2D eigenvalue weighted by molar-refractivity contribution is 5.89. The zero-order valence-corrected chi connectivity index (χ0v) is 13.0. The van der Waals surface area contributed by atoms with Crippen LogP contribution in [-0.2, 0) is 0 Å². The maximum atomic E-state index is 12.1. The fourth-order valence-electron chi connectivity index (χ4n) is 2.49. The van der Waals surface area contributed by atoms with Gasteiger partial charge in [0.25, 0.3) is 0 Å². The number of nitrogens with two attached hydrogens (primary N) is 1. The summed E-state index contributed by atoms with van der Waals surface area (Å²) in [5, 5.41) is 2.91. The third-order valence-electron chi connectivity index (χ3n) is 3.98. The van der Waals surface area contributed by atoms with Crippen molar-refractivity contribution >= 4 is 11.7 Å². The van der Waals surface area contributed by atoms with Crippen molar-refractivity contribution in [3.05, 3.63) is 29.8 Å². The number of hydrogen-bond donors (Lipinski definition) is 2. The van der Waals surface area contributed by atoms with Crippen molar-refractivity contribution in [2.24, 2.45) is 5.73 Å². The Bertz CT molecular complexity index is 452. The minimum absolute atomic E-state index is 0.0119. The minimum Gasteiger partial charge on any atom is -0.326 e. The number of nitrogens with one attached hydrogen (secondary N) is 1. The second-order valence-corrected chi connectivity index (χ2v) is 5.81. The van der Waals surface area contributed by atoms with Crippen molar-refractivity contribution in [1.29, 1.82) is 0 Å². The van der Waals surface area contributed by atoms with Crippen LogP contribution in [0, 0.1) is 0 Å². The molecule has 2 amide bonds. The van der Waals surface area contributed by atoms with Gasteiger partial charge in [-0.15, -0.1) is 0 Å². The number of amides is 2. The fourth-order valence-corrected chi connectivity index (χ4v) is 2.49. The van der Waals surface area contributed by atoms with Gasteiger partial charge in [0.15, 0.2) is 0 Å². The average molecular weight is 290 g/mol. The molecule has 5 heteroatoms. The lowest BCUT2D eigenvalue weighted by Crippen LogP contribution is -2.37. The number of likely N-dealkylation sites (N-methyl/N-ethyl adjacent to an activating group) is 1. The molecular formula is C16H26N4O. The number of rotatable bonds is 5. The molecular weight excluding hydrogens is 264 g/mol. The van der Waals surface area contributed by atoms with E-state index in [1.165, 1.54) is 12.8 Å². The van der Waals surface area contributed by atoms with Crippen LogP contribution in [-0.4, -0.2) is 49.1 Å². The monoisotopic (exact) mass is 290 g/mol. The quantitative estimate of drug-likeness (QED) is 0.874. The van der Waals surface area contributed by atoms with Crippen LogP contribution in [0.5, 0.6) is 0 Å². The number of benzene rings is 1. The molecule has 1 heterocycles. The van der Waals surface area contributed by atoms with Crippen LogP contribution in [0.1, 0.15) is 31.4 Å². The SMILES string of the molecule is CC(N)c1ccc(NC(=O)N(C)CCN2CCCC2)cc1. The van der Waals surface area contributed by atoms with Crippen molar-refractivity contribution in [3.8, 4) is 0 Å². The maximum absolute atomic E-state index is 12.1. The van der Waals surface area contributed by atoms with E-state index in [1.54, 1.807) is 4.90 Å². The Balaban J connectivity index is 1.79. The molecule has 1 unspecified atom stereocenters. The Kier molecular flexibility index (Phi) is 5.59. The van der Waals surface area contributed by atoms with Crippen molar-refractivity contribution in [2.45, 2.75) is 25.8 Å². The lowest BCUT2D eigenvalue weighted by atomic mass is 10.1. The largest absolute Gasteiger partial charge is 0.326 e. The van der Waals surface area contributed by atoms with Gasteiger partial charge in [-0.3, -0.25) is 0 Å². The van der Waals surface area contributed by atoms with Gasteiger partial charge in [-0.25, -0.2) is 4.79 Å². The van der Waals surface area contributed by atoms with Gasteiger partial charge >= 0.3 is 6.03 Å². The second kappa shape index (κ2) is 7.43. The fraction of sp³-hybridized carbons (Fsp3) is 0.562. The number of hydrogen-bond acceptors (Lipinski definition) is 3. The van der Waals surface area contributed by atoms with Crippen molar-refractivity contribution in [3.63, 3.8) is 0 Å². The first kappa shape index (κ1) is 15.8. The van der Waals surface area contributed by atoms with Gasteiger partial charge in [0, 0.05) is 31.9 Å². The first-order valence-electron chi connectivity index (χ1n) is 7.66. The van der Waals surface area contributed by atoms with Crippen LogP contribution in [0.25, 0.3) is 0 Å². The molecule has 3 N–H and O–H groups in total. The molecule has 0 aliphatic carbocycles. The zero-order chi connectivity index (χ0) is 15.2. The van der Waals surface area contributed by atoms with Gasteiger partial charge in [0.1, 0.15) is 0 Å². The summed E-state index contributed by atoms with van der Waals surface area (Å²) in [5.41, 5.74) is 7.68. The molecule has 1 saturated heterocycles. The molecule has 1 aliphatic rings. The molecule has 1 fully saturated rings. The van der Waals surface area contributed by atoms with Gasteiger partial charge in [-0.2, -0.15) is 0 Å². The first-order chi connectivity index (χ1) is 10.1. The predicted molar refractivity (Wildman–Crippen MR) is 86.4 cm³/mol. The average Bonchev–Trinajstić information content (AvgIpc) is 2.98. The predicted octanol–water partition coefficient (Wildman–Crippen LogP) is 2.27. The molecule has 5 nitrogen and oxygen atoms in total. The smallest absolute Gasteiger partial charge is 0.321 e. The van der Waals surface area contributed by atoms with Crippen LogP contribution in [0.3, 0.4) is 0 Å². The number of urea groups is 1. The number of anilines is 1. The Morgan fingerprint density at radius 1 is 1.33 bits per heavy atom. The van der Waals surface area contributed by atoms with E-state index in [9.17, 15) is 4.79 Å². The Morgan fingerprint density at radius 3 is 2.52 bits per heavy atom. The highest BCUT2D eigenvalue weighted by Crippen LogP contribution is 2.14. The zero-order valence-electron chi connectivity index (χ0n) is 13.0. The van der Waals surface area contributed by atoms with Gasteiger partial charge < -0.3 is 20.9 Å². The summed E-state index contributed by atoms with van der Waals surface area (Å²) in [6.45, 7) is 5.97. The lowest BCUT2D eigenvalue weighted by Gasteiger charge is -2.22. The van der Waals surface area contributed by atoms with E-state index in [1.807, 2.05) is 38.2 Å². The highest BCUT2D eigenvalue weighted by Gasteiger charge is 2.14. The molecule has 0 spiro atoms. The second-order valence-electron chi connectivity index (χ2n) is 5.81. The first-order valence-corrected chi connectivity index (χ1v) is 7.66. The summed E-state index contributed by atoms with van der Waals surface area (Å²) < 4.78 is 0. The number of nitrogens with zero attached hydrogens (tertiary/aromatic N) is 2. The highest BCUT2D eigenvalue weighted by atomic mass is 16.2. The summed E-state index contributed by atoms with van der Waals surface area (Å²) in [6, 6.07) is 7.63. The summed E-state index contributed by atoms with van der Waals surface area (Å²) in [5.74, 6) is 0. The minimum atomic E-state index is -0.0669. The van der Waals surface area contributed by atoms with E-state index in [4.69, 9.17) is 5.73 Å². The Morgan fingerprint density at radius 2 is 1.95 bits per heavy atom. The third kappa shape index (κ3) is 4.72. The standard InChI is InChI=1S/C16H26N4O/c1-13(17)14-5-7-15(8-6-14)18-16(21)19(2)11-12-20-9-3-4-10-20/h5-8,13H,3-4,9-12,17H2,1-2H3,(H,18,21). The summed E-state index contributed by atoms with van der Waals surface area (Å²) in [7, 11) is 1.84. The lowest BCUT2D eigenvalue weighted by molar-refractivity contribution is 0.213. The van der Waals surface area contributed by atoms with E-state index in [2.05, 4.69) is 10.2 Å². The molecule has 2 rings (SSSR count). The molecule has 21 heavy (non-hydrogen) atoms. The van der Waals surface area contributed by atoms with Crippen LogP contribution in [0.4, 0.5) is 10.5 Å². The van der Waals surface area contributed by atoms with Gasteiger partial charge in [0.2, 0.25) is 0 Å². The number of likely N-dealkylation sites (tertiary alicyclic amines) is 1. The molecule has 1 aromatic carbocycles. The van der Waals surface area contributed by atoms with Crippen molar-refractivity contribution in [2.75, 3.05) is 38.5 Å². The van der Waals surface area contributed by atoms with Crippen molar-refractivity contribution < 1.29 is 4.79 Å². The van der Waals surface area contributed by atoms with E-state index in [-0.39, 0.29) is 12.1 Å². The third-order valence-corrected chi connectivity index (χ3v) is 3.98. The molecule has 1 aromatic rings. The summed E-state index contributed by atoms with van der Waals surface area (Å²) in [4.78, 5) is 16.2. The van der Waals surface area contributed by atoms with E-state index in [0.29, 0.717) is 0 Å². The number of carbonyl (C=O) groups is 1. The van der Waals surface area contributed by atoms with Crippen LogP contribution < -0.4 is 11.1 Å². The van der Waals surface area contributed by atoms with Crippen LogP contribution in [0.15, 0.2) is 24.3 Å².